The van der Waals surface area contributed by atoms with Crippen LogP contribution in [-0.2, 0) is 0 Å². The third-order valence-electron chi connectivity index (χ3n) is 5.69. The van der Waals surface area contributed by atoms with Crippen LogP contribution in [0.3, 0.4) is 0 Å². The minimum Gasteiger partial charge on any atom is -0.351 e. The second kappa shape index (κ2) is 8.81. The first-order chi connectivity index (χ1) is 15.5. The Balaban J connectivity index is 1.68. The van der Waals surface area contributed by atoms with E-state index in [2.05, 4.69) is 113 Å². The summed E-state index contributed by atoms with van der Waals surface area (Å²) in [7, 11) is 0. The molecule has 0 saturated carbocycles. The van der Waals surface area contributed by atoms with Gasteiger partial charge < -0.3 is 14.8 Å². The predicted molar refractivity (Wildman–Crippen MR) is 140 cm³/mol. The summed E-state index contributed by atoms with van der Waals surface area (Å²) in [6.07, 6.45) is 3.93. The lowest BCUT2D eigenvalue weighted by molar-refractivity contribution is 0.549. The van der Waals surface area contributed by atoms with E-state index in [9.17, 15) is 0 Å². The number of hydrogen-bond donors (Lipinski definition) is 1. The highest BCUT2D eigenvalue weighted by Crippen LogP contribution is 2.42. The van der Waals surface area contributed by atoms with E-state index < -0.39 is 0 Å². The van der Waals surface area contributed by atoms with Gasteiger partial charge in [0, 0.05) is 38.4 Å². The van der Waals surface area contributed by atoms with Crippen LogP contribution in [0.1, 0.15) is 29.0 Å². The fourth-order valence-electron chi connectivity index (χ4n) is 4.21. The van der Waals surface area contributed by atoms with Gasteiger partial charge in [-0.2, -0.15) is 0 Å². The Hall–Kier alpha value is -2.48. The van der Waals surface area contributed by atoms with Gasteiger partial charge >= 0.3 is 0 Å². The Morgan fingerprint density at radius 1 is 0.938 bits per heavy atom. The van der Waals surface area contributed by atoms with Crippen molar-refractivity contribution in [2.24, 2.45) is 0 Å². The second-order valence-corrected chi connectivity index (χ2v) is 9.87. The molecule has 0 amide bonds. The van der Waals surface area contributed by atoms with Gasteiger partial charge in [0.25, 0.3) is 0 Å². The zero-order valence-corrected chi connectivity index (χ0v) is 21.2. The summed E-state index contributed by atoms with van der Waals surface area (Å²) in [5.74, 6) is 0. The van der Waals surface area contributed by atoms with E-state index in [1.165, 1.54) is 0 Å². The number of rotatable bonds is 4. The molecule has 2 unspecified atom stereocenters. The first-order valence-corrected chi connectivity index (χ1v) is 12.2. The number of pyridine rings is 1. The van der Waals surface area contributed by atoms with Gasteiger partial charge in [-0.05, 0) is 85.4 Å². The molecule has 1 aliphatic heterocycles. The average molecular weight is 568 g/mol. The topological polar surface area (TPSA) is 33.1 Å². The second-order valence-electron chi connectivity index (χ2n) is 7.71. The van der Waals surface area contributed by atoms with Crippen LogP contribution < -0.4 is 10.2 Å². The molecular weight excluding hydrogens is 548 g/mol. The molecule has 2 aromatic heterocycles. The van der Waals surface area contributed by atoms with Crippen LogP contribution in [-0.4, -0.2) is 14.7 Å². The van der Waals surface area contributed by atoms with E-state index in [1.54, 1.807) is 0 Å². The monoisotopic (exact) mass is 566 g/mol. The molecule has 0 radical (unpaired) electrons. The van der Waals surface area contributed by atoms with Gasteiger partial charge in [-0.15, -0.1) is 0 Å². The molecule has 5 rings (SSSR count). The number of anilines is 1. The summed E-state index contributed by atoms with van der Waals surface area (Å²) in [6.45, 7) is 2.09. The van der Waals surface area contributed by atoms with Crippen molar-refractivity contribution in [3.05, 3.63) is 111 Å². The van der Waals surface area contributed by atoms with Gasteiger partial charge in [0.1, 0.15) is 6.04 Å². The van der Waals surface area contributed by atoms with Gasteiger partial charge in [-0.1, -0.05) is 44.0 Å². The lowest BCUT2D eigenvalue weighted by atomic mass is 10.0. The average Bonchev–Trinajstić information content (AvgIpc) is 3.40. The number of aryl methyl sites for hydroxylation is 1. The van der Waals surface area contributed by atoms with Gasteiger partial charge in [-0.25, -0.2) is 0 Å². The van der Waals surface area contributed by atoms with Crippen LogP contribution in [0.15, 0.2) is 94.1 Å². The smallest absolute Gasteiger partial charge is 0.174 e. The van der Waals surface area contributed by atoms with Gasteiger partial charge in [0.05, 0.1) is 11.7 Å². The van der Waals surface area contributed by atoms with Crippen molar-refractivity contribution in [3.63, 3.8) is 0 Å². The summed E-state index contributed by atoms with van der Waals surface area (Å²) in [6, 6.07) is 24.7. The minimum atomic E-state index is -0.0894. The largest absolute Gasteiger partial charge is 0.351 e. The molecule has 2 atom stereocenters. The highest BCUT2D eigenvalue weighted by atomic mass is 79.9. The van der Waals surface area contributed by atoms with E-state index in [4.69, 9.17) is 12.2 Å². The molecule has 1 N–H and O–H groups in total. The number of aromatic nitrogens is 2. The summed E-state index contributed by atoms with van der Waals surface area (Å²) in [5, 5.41) is 4.23. The first-order valence-electron chi connectivity index (χ1n) is 10.2. The number of benzene rings is 2. The predicted octanol–water partition coefficient (Wildman–Crippen LogP) is 6.88. The highest BCUT2D eigenvalue weighted by molar-refractivity contribution is 9.10. The number of halogens is 2. The van der Waals surface area contributed by atoms with Crippen molar-refractivity contribution in [2.45, 2.75) is 19.0 Å². The summed E-state index contributed by atoms with van der Waals surface area (Å²) in [5.41, 5.74) is 5.38. The van der Waals surface area contributed by atoms with Crippen molar-refractivity contribution in [1.82, 2.24) is 14.9 Å². The van der Waals surface area contributed by atoms with Crippen molar-refractivity contribution in [1.29, 1.82) is 0 Å². The molecular formula is C25H20Br2N4S. The number of nitrogens with zero attached hydrogens (tertiary/aromatic N) is 3. The molecule has 3 heterocycles. The lowest BCUT2D eigenvalue weighted by Gasteiger charge is -2.29. The molecule has 2 aromatic carbocycles. The minimum absolute atomic E-state index is 0.0769. The molecule has 32 heavy (non-hydrogen) atoms. The van der Waals surface area contributed by atoms with Gasteiger partial charge in [-0.3, -0.25) is 4.98 Å². The van der Waals surface area contributed by atoms with Crippen LogP contribution in [0, 0.1) is 6.92 Å². The molecule has 1 aliphatic rings. The first kappa shape index (κ1) is 21.4. The fourth-order valence-corrected chi connectivity index (χ4v) is 5.19. The Morgan fingerprint density at radius 2 is 1.81 bits per heavy atom. The van der Waals surface area contributed by atoms with Crippen LogP contribution in [0.4, 0.5) is 5.69 Å². The maximum Gasteiger partial charge on any atom is 0.174 e. The third kappa shape index (κ3) is 3.89. The normalized spacial score (nSPS) is 18.1. The fraction of sp³-hybridized carbons (Fsp3) is 0.120. The van der Waals surface area contributed by atoms with Crippen molar-refractivity contribution >= 4 is 54.9 Å². The Labute approximate surface area is 209 Å². The molecule has 0 aliphatic carbocycles. The molecule has 4 nitrogen and oxygen atoms in total. The van der Waals surface area contributed by atoms with Crippen LogP contribution in [0.5, 0.6) is 0 Å². The van der Waals surface area contributed by atoms with Gasteiger partial charge in [0.15, 0.2) is 5.11 Å². The molecule has 7 heteroatoms. The Kier molecular flexibility index (Phi) is 5.88. The van der Waals surface area contributed by atoms with E-state index in [0.717, 1.165) is 37.3 Å². The number of thiocarbonyl (C=S) groups is 1. The Bertz CT molecular complexity index is 1290. The summed E-state index contributed by atoms with van der Waals surface area (Å²) < 4.78 is 4.34. The third-order valence-corrected chi connectivity index (χ3v) is 7.39. The standard InChI is InChI=1S/C25H20Br2N4S/c1-16-14-19(10-11-20(16)27)31-24(23(29-25(31)32)21-8-2-3-12-28-21)22-9-5-13-30(22)18-7-4-6-17(26)15-18/h2-15,23-24H,1H3,(H,29,32). The quantitative estimate of drug-likeness (QED) is 0.272. The van der Waals surface area contributed by atoms with E-state index in [0.29, 0.717) is 5.11 Å². The maximum atomic E-state index is 5.87. The summed E-state index contributed by atoms with van der Waals surface area (Å²) in [4.78, 5) is 6.86. The van der Waals surface area contributed by atoms with E-state index >= 15 is 0 Å². The van der Waals surface area contributed by atoms with Crippen LogP contribution in [0.2, 0.25) is 0 Å². The highest BCUT2D eigenvalue weighted by Gasteiger charge is 2.42. The van der Waals surface area contributed by atoms with Crippen molar-refractivity contribution in [3.8, 4) is 5.69 Å². The lowest BCUT2D eigenvalue weighted by Crippen LogP contribution is -2.30. The summed E-state index contributed by atoms with van der Waals surface area (Å²) >= 11 is 13.1. The van der Waals surface area contributed by atoms with Crippen LogP contribution in [0.25, 0.3) is 5.69 Å². The van der Waals surface area contributed by atoms with Crippen molar-refractivity contribution < 1.29 is 0 Å². The zero-order chi connectivity index (χ0) is 22.2. The van der Waals surface area contributed by atoms with E-state index in [1.807, 2.05) is 30.5 Å². The molecule has 0 bridgehead atoms. The Morgan fingerprint density at radius 3 is 2.56 bits per heavy atom. The van der Waals surface area contributed by atoms with Crippen LogP contribution >= 0.6 is 44.1 Å². The SMILES string of the molecule is Cc1cc(N2C(=S)NC(c3ccccn3)C2c2cccn2-c2cccc(Br)c2)ccc1Br. The molecule has 4 aromatic rings. The molecule has 0 spiro atoms. The van der Waals surface area contributed by atoms with Crippen molar-refractivity contribution in [2.75, 3.05) is 4.90 Å². The number of nitrogens with one attached hydrogen (secondary N) is 1. The molecule has 160 valence electrons. The van der Waals surface area contributed by atoms with Gasteiger partial charge in [0.2, 0.25) is 0 Å². The zero-order valence-electron chi connectivity index (χ0n) is 17.2. The maximum absolute atomic E-state index is 5.87. The molecule has 1 saturated heterocycles. The molecule has 1 fully saturated rings. The number of hydrogen-bond acceptors (Lipinski definition) is 2. The van der Waals surface area contributed by atoms with E-state index in [-0.39, 0.29) is 12.1 Å².